The van der Waals surface area contributed by atoms with Crippen LogP contribution in [0.3, 0.4) is 0 Å². The first-order chi connectivity index (χ1) is 12.7. The Bertz CT molecular complexity index is 411. The first-order valence-corrected chi connectivity index (χ1v) is 11.4. The average molecular weight is 386 g/mol. The highest BCUT2D eigenvalue weighted by Gasteiger charge is 2.53. The van der Waals surface area contributed by atoms with Crippen LogP contribution in [0, 0.1) is 0 Å². The molecule has 0 N–H and O–H groups in total. The lowest BCUT2D eigenvalue weighted by atomic mass is 9.87. The summed E-state index contributed by atoms with van der Waals surface area (Å²) in [5.41, 5.74) is -0.0262. The highest BCUT2D eigenvalue weighted by molar-refractivity contribution is 7.99. The molecule has 2 fully saturated rings. The maximum Gasteiger partial charge on any atom is 0.457 e. The Kier molecular flexibility index (Phi) is 10.4. The van der Waals surface area contributed by atoms with Crippen LogP contribution in [-0.2, 0) is 23.6 Å². The van der Waals surface area contributed by atoms with Gasteiger partial charge >= 0.3 is 13.1 Å². The average Bonchev–Trinajstić information content (AvgIpc) is 3.18. The molecule has 0 aromatic carbocycles. The van der Waals surface area contributed by atoms with E-state index in [1.807, 2.05) is 11.8 Å². The minimum absolute atomic E-state index is 0.0262. The van der Waals surface area contributed by atoms with Crippen molar-refractivity contribution in [3.05, 3.63) is 0 Å². The van der Waals surface area contributed by atoms with E-state index in [1.54, 1.807) is 0 Å². The number of unbranched alkanes of at least 4 members (excludes halogenated alkanes) is 7. The van der Waals surface area contributed by atoms with E-state index in [4.69, 9.17) is 18.8 Å². The van der Waals surface area contributed by atoms with Crippen molar-refractivity contribution in [3.8, 4) is 0 Å². The van der Waals surface area contributed by atoms with Crippen LogP contribution in [0.1, 0.15) is 72.1 Å². The van der Waals surface area contributed by atoms with Crippen LogP contribution in [0.25, 0.3) is 0 Å². The van der Waals surface area contributed by atoms with E-state index in [1.165, 1.54) is 58.3 Å². The predicted octanol–water partition coefficient (Wildman–Crippen LogP) is 4.44. The SMILES string of the molecule is CCCCCCCCCCSC1OC(COC(C)=O)C2OB(CC)OC12. The Labute approximate surface area is 163 Å². The molecule has 0 aromatic heterocycles. The molecule has 0 spiro atoms. The van der Waals surface area contributed by atoms with Gasteiger partial charge in [-0.25, -0.2) is 0 Å². The monoisotopic (exact) mass is 386 g/mol. The molecular formula is C19H35BO5S. The van der Waals surface area contributed by atoms with Crippen molar-refractivity contribution >= 4 is 24.8 Å². The van der Waals surface area contributed by atoms with Gasteiger partial charge in [0.05, 0.1) is 0 Å². The Morgan fingerprint density at radius 2 is 1.65 bits per heavy atom. The quantitative estimate of drug-likeness (QED) is 0.265. The van der Waals surface area contributed by atoms with Gasteiger partial charge in [0.1, 0.15) is 30.4 Å². The molecule has 0 saturated carbocycles. The number of ether oxygens (including phenoxy) is 2. The van der Waals surface area contributed by atoms with Gasteiger partial charge in [-0.2, -0.15) is 0 Å². The number of carbonyl (C=O) groups is 1. The van der Waals surface area contributed by atoms with E-state index in [2.05, 4.69) is 13.8 Å². The number of fused-ring (bicyclic) bond motifs is 1. The number of thioether (sulfide) groups is 1. The molecule has 2 aliphatic rings. The van der Waals surface area contributed by atoms with Crippen molar-refractivity contribution in [3.63, 3.8) is 0 Å². The van der Waals surface area contributed by atoms with Crippen LogP contribution in [-0.4, -0.2) is 49.2 Å². The van der Waals surface area contributed by atoms with Crippen LogP contribution in [0.4, 0.5) is 0 Å². The topological polar surface area (TPSA) is 54.0 Å². The van der Waals surface area contributed by atoms with E-state index in [0.29, 0.717) is 0 Å². The van der Waals surface area contributed by atoms with Gasteiger partial charge < -0.3 is 18.8 Å². The third-order valence-corrected chi connectivity index (χ3v) is 6.18. The summed E-state index contributed by atoms with van der Waals surface area (Å²) in [4.78, 5) is 11.1. The van der Waals surface area contributed by atoms with E-state index in [0.717, 1.165) is 12.1 Å². The second kappa shape index (κ2) is 12.3. The summed E-state index contributed by atoms with van der Waals surface area (Å²) in [7, 11) is -0.167. The van der Waals surface area contributed by atoms with Crippen LogP contribution in [0.15, 0.2) is 0 Å². The lowest BCUT2D eigenvalue weighted by molar-refractivity contribution is -0.145. The van der Waals surface area contributed by atoms with Crippen molar-refractivity contribution in [2.45, 2.75) is 102 Å². The first-order valence-electron chi connectivity index (χ1n) is 10.4. The fourth-order valence-corrected chi connectivity index (χ4v) is 4.71. The van der Waals surface area contributed by atoms with Crippen LogP contribution < -0.4 is 0 Å². The molecule has 26 heavy (non-hydrogen) atoms. The van der Waals surface area contributed by atoms with E-state index in [9.17, 15) is 4.79 Å². The van der Waals surface area contributed by atoms with Gasteiger partial charge in [0, 0.05) is 6.92 Å². The number of hydrogen-bond donors (Lipinski definition) is 0. The van der Waals surface area contributed by atoms with Gasteiger partial charge in [-0.05, 0) is 18.5 Å². The summed E-state index contributed by atoms with van der Waals surface area (Å²) in [6, 6.07) is 0. The van der Waals surface area contributed by atoms with Crippen molar-refractivity contribution < 1.29 is 23.6 Å². The molecule has 2 saturated heterocycles. The molecule has 5 nitrogen and oxygen atoms in total. The number of carbonyl (C=O) groups excluding carboxylic acids is 1. The van der Waals surface area contributed by atoms with Crippen molar-refractivity contribution in [1.29, 1.82) is 0 Å². The zero-order valence-corrected chi connectivity index (χ0v) is 17.4. The Balaban J connectivity index is 1.65. The second-order valence-electron chi connectivity index (χ2n) is 7.23. The highest BCUT2D eigenvalue weighted by Crippen LogP contribution is 2.38. The van der Waals surface area contributed by atoms with Gasteiger partial charge in [0.2, 0.25) is 0 Å². The molecule has 2 heterocycles. The van der Waals surface area contributed by atoms with Crippen LogP contribution in [0.2, 0.25) is 6.32 Å². The van der Waals surface area contributed by atoms with E-state index >= 15 is 0 Å². The summed E-state index contributed by atoms with van der Waals surface area (Å²) < 4.78 is 23.2. The second-order valence-corrected chi connectivity index (χ2v) is 8.44. The molecule has 0 aromatic rings. The van der Waals surface area contributed by atoms with Crippen molar-refractivity contribution in [2.75, 3.05) is 12.4 Å². The summed E-state index contributed by atoms with van der Waals surface area (Å²) in [6.07, 6.45) is 11.0. The van der Waals surface area contributed by atoms with Gasteiger partial charge in [-0.3, -0.25) is 4.79 Å². The zero-order valence-electron chi connectivity index (χ0n) is 16.6. The molecule has 2 aliphatic heterocycles. The maximum atomic E-state index is 11.1. The van der Waals surface area contributed by atoms with Gasteiger partial charge in [-0.1, -0.05) is 58.8 Å². The lowest BCUT2D eigenvalue weighted by Crippen LogP contribution is -2.32. The van der Waals surface area contributed by atoms with Gasteiger partial charge in [0.15, 0.2) is 0 Å². The largest absolute Gasteiger partial charge is 0.463 e. The Hall–Kier alpha value is -0.235. The molecule has 0 amide bonds. The minimum atomic E-state index is -0.286. The van der Waals surface area contributed by atoms with Crippen LogP contribution in [0.5, 0.6) is 0 Å². The van der Waals surface area contributed by atoms with Gasteiger partial charge in [0.25, 0.3) is 0 Å². The Morgan fingerprint density at radius 3 is 2.31 bits per heavy atom. The molecule has 0 radical (unpaired) electrons. The lowest BCUT2D eigenvalue weighted by Gasteiger charge is -2.18. The summed E-state index contributed by atoms with van der Waals surface area (Å²) >= 11 is 1.82. The Morgan fingerprint density at radius 1 is 1.00 bits per heavy atom. The van der Waals surface area contributed by atoms with Gasteiger partial charge in [-0.15, -0.1) is 11.8 Å². The molecule has 2 rings (SSSR count). The molecule has 4 atom stereocenters. The fraction of sp³-hybridized carbons (Fsp3) is 0.947. The number of esters is 1. The molecule has 0 aliphatic carbocycles. The molecular weight excluding hydrogens is 351 g/mol. The summed E-state index contributed by atoms with van der Waals surface area (Å²) in [6.45, 7) is 5.97. The normalized spacial score (nSPS) is 27.7. The standard InChI is InChI=1S/C19H35BO5S/c1-4-6-7-8-9-10-11-12-13-26-19-18-17(24-20(5-2)25-18)16(23-19)14-22-15(3)21/h16-19H,4-14H2,1-3H3. The summed E-state index contributed by atoms with van der Waals surface area (Å²) in [5.74, 6) is 0.787. The summed E-state index contributed by atoms with van der Waals surface area (Å²) in [5, 5.41) is 0. The number of hydrogen-bond acceptors (Lipinski definition) is 6. The smallest absolute Gasteiger partial charge is 0.457 e. The van der Waals surface area contributed by atoms with E-state index < -0.39 is 0 Å². The van der Waals surface area contributed by atoms with E-state index in [-0.39, 0.29) is 43.4 Å². The third kappa shape index (κ3) is 7.06. The van der Waals surface area contributed by atoms with Crippen molar-refractivity contribution in [2.24, 2.45) is 0 Å². The number of rotatable bonds is 13. The predicted molar refractivity (Wildman–Crippen MR) is 106 cm³/mol. The highest BCUT2D eigenvalue weighted by atomic mass is 32.2. The minimum Gasteiger partial charge on any atom is -0.463 e. The zero-order chi connectivity index (χ0) is 18.8. The third-order valence-electron chi connectivity index (χ3n) is 4.95. The molecule has 0 bridgehead atoms. The first kappa shape index (κ1) is 22.1. The maximum absolute atomic E-state index is 11.1. The fourth-order valence-electron chi connectivity index (χ4n) is 3.48. The van der Waals surface area contributed by atoms with Crippen molar-refractivity contribution in [1.82, 2.24) is 0 Å². The molecule has 150 valence electrons. The van der Waals surface area contributed by atoms with Crippen LogP contribution >= 0.6 is 11.8 Å². The molecule has 7 heteroatoms. The molecule has 4 unspecified atom stereocenters.